The second-order valence-electron chi connectivity index (χ2n) is 6.14. The van der Waals surface area contributed by atoms with Crippen molar-refractivity contribution in [1.82, 2.24) is 0 Å². The topological polar surface area (TPSA) is 82.0 Å². The smallest absolute Gasteiger partial charge is 0.240 e. The number of carbonyl (C=O) groups excluding carboxylic acids is 2. The van der Waals surface area contributed by atoms with Crippen molar-refractivity contribution in [2.24, 2.45) is 5.41 Å². The molecule has 0 atom stereocenters. The number of nitrogens with zero attached hydrogens (tertiary/aromatic N) is 1. The molecule has 0 bridgehead atoms. The normalized spacial score (nSPS) is 14.3. The molecule has 1 saturated carbocycles. The van der Waals surface area contributed by atoms with Gasteiger partial charge in [0.2, 0.25) is 11.8 Å². The monoisotopic (exact) mass is 397 g/mol. The third kappa shape index (κ3) is 3.57. The van der Waals surface area contributed by atoms with Crippen LogP contribution < -0.4 is 10.6 Å². The fourth-order valence-electron chi connectivity index (χ4n) is 2.57. The summed E-state index contributed by atoms with van der Waals surface area (Å²) in [6.45, 7) is 1.90. The Hall–Kier alpha value is -2.65. The van der Waals surface area contributed by atoms with Crippen LogP contribution >= 0.6 is 15.9 Å². The predicted octanol–water partition coefficient (Wildman–Crippen LogP) is 3.99. The summed E-state index contributed by atoms with van der Waals surface area (Å²) >= 11 is 3.39. The molecule has 0 aromatic heterocycles. The van der Waals surface area contributed by atoms with E-state index in [4.69, 9.17) is 5.26 Å². The average Bonchev–Trinajstić information content (AvgIpc) is 3.40. The predicted molar refractivity (Wildman–Crippen MR) is 99.0 cm³/mol. The number of halogens is 1. The highest BCUT2D eigenvalue weighted by molar-refractivity contribution is 9.10. The van der Waals surface area contributed by atoms with Crippen molar-refractivity contribution in [3.8, 4) is 6.07 Å². The molecular formula is C19H16BrN3O2. The van der Waals surface area contributed by atoms with Crippen LogP contribution in [0.3, 0.4) is 0 Å². The standard InChI is InChI=1S/C19H16BrN3O2/c1-12-10-14(20)4-7-16(12)23-18(25)19(8-9-19)17(24)22-15-5-2-13(11-21)3-6-15/h2-7,10H,8-9H2,1H3,(H,22,24)(H,23,25). The van der Waals surface area contributed by atoms with Gasteiger partial charge in [-0.3, -0.25) is 9.59 Å². The van der Waals surface area contributed by atoms with Crippen LogP contribution in [0, 0.1) is 23.7 Å². The van der Waals surface area contributed by atoms with Gasteiger partial charge >= 0.3 is 0 Å². The van der Waals surface area contributed by atoms with Crippen LogP contribution in [0.4, 0.5) is 11.4 Å². The molecule has 1 aliphatic rings. The minimum atomic E-state index is -1.02. The van der Waals surface area contributed by atoms with E-state index in [1.165, 1.54) is 0 Å². The first kappa shape index (κ1) is 17.2. The van der Waals surface area contributed by atoms with E-state index in [9.17, 15) is 9.59 Å². The molecule has 1 fully saturated rings. The molecule has 0 spiro atoms. The molecule has 0 heterocycles. The molecule has 1 aliphatic carbocycles. The van der Waals surface area contributed by atoms with E-state index in [2.05, 4.69) is 26.6 Å². The van der Waals surface area contributed by atoms with E-state index in [1.54, 1.807) is 24.3 Å². The van der Waals surface area contributed by atoms with E-state index < -0.39 is 5.41 Å². The van der Waals surface area contributed by atoms with Gasteiger partial charge in [-0.15, -0.1) is 0 Å². The summed E-state index contributed by atoms with van der Waals surface area (Å²) in [7, 11) is 0. The zero-order chi connectivity index (χ0) is 18.0. The molecule has 5 nitrogen and oxygen atoms in total. The maximum absolute atomic E-state index is 12.6. The van der Waals surface area contributed by atoms with Crippen LogP contribution in [0.5, 0.6) is 0 Å². The number of hydrogen-bond acceptors (Lipinski definition) is 3. The van der Waals surface area contributed by atoms with E-state index in [0.29, 0.717) is 29.8 Å². The third-order valence-electron chi connectivity index (χ3n) is 4.33. The average molecular weight is 398 g/mol. The van der Waals surface area contributed by atoms with Crippen molar-refractivity contribution in [3.05, 3.63) is 58.1 Å². The van der Waals surface area contributed by atoms with Crippen LogP contribution in [0.25, 0.3) is 0 Å². The molecule has 0 unspecified atom stereocenters. The molecule has 2 N–H and O–H groups in total. The highest BCUT2D eigenvalue weighted by Crippen LogP contribution is 2.47. The second-order valence-corrected chi connectivity index (χ2v) is 7.05. The largest absolute Gasteiger partial charge is 0.325 e. The van der Waals surface area contributed by atoms with Crippen LogP contribution in [0.1, 0.15) is 24.0 Å². The Labute approximate surface area is 154 Å². The van der Waals surface area contributed by atoms with Gasteiger partial charge in [-0.1, -0.05) is 15.9 Å². The molecular weight excluding hydrogens is 382 g/mol. The molecule has 2 aromatic carbocycles. The van der Waals surface area contributed by atoms with Gasteiger partial charge in [-0.2, -0.15) is 5.26 Å². The van der Waals surface area contributed by atoms with E-state index >= 15 is 0 Å². The summed E-state index contributed by atoms with van der Waals surface area (Å²) in [5, 5.41) is 14.4. The Morgan fingerprint density at radius 3 is 2.28 bits per heavy atom. The van der Waals surface area contributed by atoms with Crippen LogP contribution in [0.2, 0.25) is 0 Å². The summed E-state index contributed by atoms with van der Waals surface area (Å²) in [5.74, 6) is -0.603. The zero-order valence-electron chi connectivity index (χ0n) is 13.6. The van der Waals surface area contributed by atoms with Crippen molar-refractivity contribution >= 4 is 39.1 Å². The van der Waals surface area contributed by atoms with Crippen LogP contribution in [-0.4, -0.2) is 11.8 Å². The first-order valence-corrected chi connectivity index (χ1v) is 8.63. The first-order chi connectivity index (χ1) is 11.9. The Balaban J connectivity index is 1.71. The Bertz CT molecular complexity index is 881. The number of amides is 2. The summed E-state index contributed by atoms with van der Waals surface area (Å²) in [6.07, 6.45) is 1.05. The molecule has 0 radical (unpaired) electrons. The van der Waals surface area contributed by atoms with Crippen molar-refractivity contribution in [2.75, 3.05) is 10.6 Å². The summed E-state index contributed by atoms with van der Waals surface area (Å²) < 4.78 is 0.933. The van der Waals surface area contributed by atoms with Crippen LogP contribution in [0.15, 0.2) is 46.9 Å². The Morgan fingerprint density at radius 1 is 1.08 bits per heavy atom. The fraction of sp³-hybridized carbons (Fsp3) is 0.211. The minimum Gasteiger partial charge on any atom is -0.325 e. The van der Waals surface area contributed by atoms with Crippen molar-refractivity contribution in [1.29, 1.82) is 5.26 Å². The maximum atomic E-state index is 12.6. The van der Waals surface area contributed by atoms with Gasteiger partial charge in [-0.05, 0) is 67.8 Å². The number of anilines is 2. The van der Waals surface area contributed by atoms with Gasteiger partial charge in [-0.25, -0.2) is 0 Å². The number of nitriles is 1. The van der Waals surface area contributed by atoms with Gasteiger partial charge in [0.05, 0.1) is 11.6 Å². The lowest BCUT2D eigenvalue weighted by Crippen LogP contribution is -2.35. The van der Waals surface area contributed by atoms with Gasteiger partial charge in [0, 0.05) is 15.8 Å². The number of hydrogen-bond donors (Lipinski definition) is 2. The fourth-order valence-corrected chi connectivity index (χ4v) is 3.05. The molecule has 0 saturated heterocycles. The SMILES string of the molecule is Cc1cc(Br)ccc1NC(=O)C1(C(=O)Nc2ccc(C#N)cc2)CC1. The lowest BCUT2D eigenvalue weighted by atomic mass is 10.0. The number of nitrogens with one attached hydrogen (secondary N) is 2. The second kappa shape index (κ2) is 6.69. The van der Waals surface area contributed by atoms with Gasteiger partial charge in [0.1, 0.15) is 5.41 Å². The maximum Gasteiger partial charge on any atom is 0.240 e. The molecule has 25 heavy (non-hydrogen) atoms. The van der Waals surface area contributed by atoms with Gasteiger partial charge < -0.3 is 10.6 Å². The third-order valence-corrected chi connectivity index (χ3v) is 4.82. The molecule has 0 aliphatic heterocycles. The number of benzene rings is 2. The first-order valence-electron chi connectivity index (χ1n) is 7.84. The molecule has 126 valence electrons. The zero-order valence-corrected chi connectivity index (χ0v) is 15.2. The summed E-state index contributed by atoms with van der Waals surface area (Å²) in [5.41, 5.74) is 1.69. The lowest BCUT2D eigenvalue weighted by Gasteiger charge is -2.16. The van der Waals surface area contributed by atoms with E-state index in [1.807, 2.05) is 31.2 Å². The van der Waals surface area contributed by atoms with Crippen molar-refractivity contribution in [3.63, 3.8) is 0 Å². The van der Waals surface area contributed by atoms with Crippen molar-refractivity contribution < 1.29 is 9.59 Å². The number of carbonyl (C=O) groups is 2. The summed E-state index contributed by atoms with van der Waals surface area (Å²) in [6, 6.07) is 14.2. The molecule has 2 amide bonds. The van der Waals surface area contributed by atoms with Crippen molar-refractivity contribution in [2.45, 2.75) is 19.8 Å². The highest BCUT2D eigenvalue weighted by atomic mass is 79.9. The Kier molecular flexibility index (Phi) is 4.60. The van der Waals surface area contributed by atoms with E-state index in [0.717, 1.165) is 10.0 Å². The quantitative estimate of drug-likeness (QED) is 0.765. The van der Waals surface area contributed by atoms with Gasteiger partial charge in [0.15, 0.2) is 0 Å². The highest BCUT2D eigenvalue weighted by Gasteiger charge is 2.56. The van der Waals surface area contributed by atoms with Crippen LogP contribution in [-0.2, 0) is 9.59 Å². The van der Waals surface area contributed by atoms with Gasteiger partial charge in [0.25, 0.3) is 0 Å². The Morgan fingerprint density at radius 2 is 1.72 bits per heavy atom. The number of aryl methyl sites for hydroxylation is 1. The lowest BCUT2D eigenvalue weighted by molar-refractivity contribution is -0.131. The minimum absolute atomic E-state index is 0.288. The molecule has 2 aromatic rings. The summed E-state index contributed by atoms with van der Waals surface area (Å²) in [4.78, 5) is 25.2. The molecule has 6 heteroatoms. The number of rotatable bonds is 4. The molecule has 3 rings (SSSR count). The van der Waals surface area contributed by atoms with E-state index in [-0.39, 0.29) is 11.8 Å².